The average molecular weight is 373 g/mol. The van der Waals surface area contributed by atoms with Crippen molar-refractivity contribution in [3.63, 3.8) is 0 Å². The van der Waals surface area contributed by atoms with Crippen LogP contribution in [0.15, 0.2) is 24.3 Å². The van der Waals surface area contributed by atoms with Crippen LogP contribution in [0.2, 0.25) is 0 Å². The van der Waals surface area contributed by atoms with Gasteiger partial charge in [-0.25, -0.2) is 0 Å². The van der Waals surface area contributed by atoms with Gasteiger partial charge in [0.25, 0.3) is 0 Å². The third kappa shape index (κ3) is 3.16. The predicted molar refractivity (Wildman–Crippen MR) is 84.4 cm³/mol. The number of benzene rings is 1. The molecule has 0 saturated carbocycles. The Balaban J connectivity index is 3.29. The largest absolute Gasteiger partial charge is 0.197 e. The SMILES string of the molecule is Cc1ccccc1[C@](C#N)(C[C@H](Br)CBr)C(C)C. The molecule has 0 unspecified atom stereocenters. The zero-order valence-electron chi connectivity index (χ0n) is 11.1. The molecule has 0 aliphatic heterocycles. The monoisotopic (exact) mass is 371 g/mol. The van der Waals surface area contributed by atoms with Crippen molar-refractivity contribution < 1.29 is 0 Å². The van der Waals surface area contributed by atoms with Gasteiger partial charge in [-0.2, -0.15) is 5.26 Å². The molecule has 0 spiro atoms. The molecule has 1 rings (SSSR count). The molecule has 0 N–H and O–H groups in total. The van der Waals surface area contributed by atoms with Crippen LogP contribution in [0.25, 0.3) is 0 Å². The summed E-state index contributed by atoms with van der Waals surface area (Å²) in [5.41, 5.74) is 1.93. The highest BCUT2D eigenvalue weighted by atomic mass is 79.9. The Hall–Kier alpha value is -0.330. The van der Waals surface area contributed by atoms with Gasteiger partial charge >= 0.3 is 0 Å². The molecule has 1 nitrogen and oxygen atoms in total. The molecule has 1 aromatic rings. The van der Waals surface area contributed by atoms with Gasteiger partial charge in [0, 0.05) is 10.2 Å². The van der Waals surface area contributed by atoms with E-state index in [0.717, 1.165) is 17.3 Å². The van der Waals surface area contributed by atoms with Gasteiger partial charge < -0.3 is 0 Å². The number of rotatable bonds is 5. The van der Waals surface area contributed by atoms with Crippen LogP contribution in [0.3, 0.4) is 0 Å². The number of hydrogen-bond donors (Lipinski definition) is 0. The van der Waals surface area contributed by atoms with Crippen LogP contribution >= 0.6 is 31.9 Å². The minimum Gasteiger partial charge on any atom is -0.197 e. The summed E-state index contributed by atoms with van der Waals surface area (Å²) in [7, 11) is 0. The maximum Gasteiger partial charge on any atom is 0.0858 e. The Bertz CT molecular complexity index is 436. The van der Waals surface area contributed by atoms with E-state index in [2.05, 4.69) is 70.8 Å². The highest BCUT2D eigenvalue weighted by molar-refractivity contribution is 9.12. The van der Waals surface area contributed by atoms with Crippen molar-refractivity contribution in [1.82, 2.24) is 0 Å². The number of nitriles is 1. The molecule has 1 aromatic carbocycles. The Morgan fingerprint density at radius 1 is 1.33 bits per heavy atom. The summed E-state index contributed by atoms with van der Waals surface area (Å²) in [6.45, 7) is 6.34. The Labute approximate surface area is 127 Å². The number of alkyl halides is 2. The van der Waals surface area contributed by atoms with Crippen LogP contribution in [0.5, 0.6) is 0 Å². The van der Waals surface area contributed by atoms with Crippen LogP contribution < -0.4 is 0 Å². The fourth-order valence-electron chi connectivity index (χ4n) is 2.37. The maximum atomic E-state index is 9.78. The van der Waals surface area contributed by atoms with Gasteiger partial charge in [0.1, 0.15) is 0 Å². The van der Waals surface area contributed by atoms with E-state index in [1.54, 1.807) is 0 Å². The first-order valence-electron chi connectivity index (χ1n) is 6.15. The lowest BCUT2D eigenvalue weighted by atomic mass is 9.68. The zero-order valence-corrected chi connectivity index (χ0v) is 14.3. The van der Waals surface area contributed by atoms with E-state index in [9.17, 15) is 5.26 Å². The summed E-state index contributed by atoms with van der Waals surface area (Å²) >= 11 is 7.13. The quantitative estimate of drug-likeness (QED) is 0.670. The third-order valence-electron chi connectivity index (χ3n) is 3.52. The molecule has 0 amide bonds. The number of hydrogen-bond acceptors (Lipinski definition) is 1. The van der Waals surface area contributed by atoms with Crippen molar-refractivity contribution in [3.8, 4) is 6.07 Å². The molecule has 0 aliphatic carbocycles. The topological polar surface area (TPSA) is 23.8 Å². The summed E-state index contributed by atoms with van der Waals surface area (Å²) in [6, 6.07) is 10.8. The molecular formula is C15H19Br2N. The zero-order chi connectivity index (χ0) is 13.8. The molecule has 98 valence electrons. The molecule has 0 heterocycles. The maximum absolute atomic E-state index is 9.78. The molecule has 0 saturated heterocycles. The Kier molecular flexibility index (Phi) is 5.88. The van der Waals surface area contributed by atoms with Gasteiger partial charge in [0.2, 0.25) is 0 Å². The fourth-order valence-corrected chi connectivity index (χ4v) is 3.11. The normalized spacial score (nSPS) is 16.1. The van der Waals surface area contributed by atoms with E-state index < -0.39 is 5.41 Å². The summed E-state index contributed by atoms with van der Waals surface area (Å²) < 4.78 is 0. The summed E-state index contributed by atoms with van der Waals surface area (Å²) in [5, 5.41) is 10.6. The van der Waals surface area contributed by atoms with Crippen molar-refractivity contribution in [2.45, 2.75) is 37.4 Å². The van der Waals surface area contributed by atoms with Crippen LogP contribution in [0.1, 0.15) is 31.4 Å². The molecule has 2 atom stereocenters. The number of aryl methyl sites for hydroxylation is 1. The Morgan fingerprint density at radius 2 is 1.94 bits per heavy atom. The molecule has 0 fully saturated rings. The van der Waals surface area contributed by atoms with Crippen molar-refractivity contribution in [2.75, 3.05) is 5.33 Å². The first-order valence-corrected chi connectivity index (χ1v) is 8.19. The minimum absolute atomic E-state index is 0.280. The fraction of sp³-hybridized carbons (Fsp3) is 0.533. The van der Waals surface area contributed by atoms with Crippen LogP contribution in [-0.4, -0.2) is 10.2 Å². The highest BCUT2D eigenvalue weighted by Crippen LogP contribution is 2.39. The van der Waals surface area contributed by atoms with E-state index in [-0.39, 0.29) is 5.92 Å². The van der Waals surface area contributed by atoms with Gasteiger partial charge in [-0.3, -0.25) is 0 Å². The van der Waals surface area contributed by atoms with Crippen molar-refractivity contribution in [1.29, 1.82) is 5.26 Å². The van der Waals surface area contributed by atoms with Gasteiger partial charge in [-0.1, -0.05) is 70.0 Å². The van der Waals surface area contributed by atoms with Gasteiger partial charge in [-0.15, -0.1) is 0 Å². The summed E-state index contributed by atoms with van der Waals surface area (Å²) in [5.74, 6) is 0.280. The molecule has 0 aliphatic rings. The lowest BCUT2D eigenvalue weighted by Gasteiger charge is -2.34. The second kappa shape index (κ2) is 6.73. The molecule has 0 aromatic heterocycles. The van der Waals surface area contributed by atoms with Crippen molar-refractivity contribution in [2.24, 2.45) is 5.92 Å². The van der Waals surface area contributed by atoms with Crippen LogP contribution in [-0.2, 0) is 5.41 Å². The van der Waals surface area contributed by atoms with Crippen molar-refractivity contribution >= 4 is 31.9 Å². The Morgan fingerprint density at radius 3 is 2.39 bits per heavy atom. The van der Waals surface area contributed by atoms with E-state index >= 15 is 0 Å². The molecule has 3 heteroatoms. The van der Waals surface area contributed by atoms with E-state index in [0.29, 0.717) is 4.83 Å². The summed E-state index contributed by atoms with van der Waals surface area (Å²) in [6.07, 6.45) is 0.817. The first kappa shape index (κ1) is 15.7. The second-order valence-electron chi connectivity index (χ2n) is 5.01. The van der Waals surface area contributed by atoms with Crippen LogP contribution in [0, 0.1) is 24.2 Å². The molecule has 0 bridgehead atoms. The standard InChI is InChI=1S/C15H19Br2N/c1-11(2)15(10-18,8-13(17)9-16)14-7-5-4-6-12(14)3/h4-7,11,13H,8-9H2,1-3H3/t13-,15-/m0/s1. The predicted octanol–water partition coefficient (Wildman–Crippen LogP) is 4.96. The molecule has 18 heavy (non-hydrogen) atoms. The number of halogens is 2. The highest BCUT2D eigenvalue weighted by Gasteiger charge is 2.38. The molecular weight excluding hydrogens is 354 g/mol. The first-order chi connectivity index (χ1) is 8.47. The second-order valence-corrected chi connectivity index (χ2v) is 6.95. The lowest BCUT2D eigenvalue weighted by Crippen LogP contribution is -2.34. The minimum atomic E-state index is -0.423. The lowest BCUT2D eigenvalue weighted by molar-refractivity contribution is 0.370. The van der Waals surface area contributed by atoms with E-state index in [4.69, 9.17) is 0 Å². The third-order valence-corrected chi connectivity index (χ3v) is 5.82. The van der Waals surface area contributed by atoms with Gasteiger partial charge in [0.15, 0.2) is 0 Å². The van der Waals surface area contributed by atoms with Gasteiger partial charge in [0.05, 0.1) is 11.5 Å². The van der Waals surface area contributed by atoms with Crippen molar-refractivity contribution in [3.05, 3.63) is 35.4 Å². The van der Waals surface area contributed by atoms with Crippen LogP contribution in [0.4, 0.5) is 0 Å². The van der Waals surface area contributed by atoms with E-state index in [1.807, 2.05) is 12.1 Å². The smallest absolute Gasteiger partial charge is 0.0858 e. The number of nitrogens with zero attached hydrogens (tertiary/aromatic N) is 1. The molecule has 0 radical (unpaired) electrons. The average Bonchev–Trinajstić information content (AvgIpc) is 2.36. The summed E-state index contributed by atoms with van der Waals surface area (Å²) in [4.78, 5) is 0.305. The van der Waals surface area contributed by atoms with E-state index in [1.165, 1.54) is 5.56 Å². The van der Waals surface area contributed by atoms with Gasteiger partial charge in [-0.05, 0) is 30.4 Å².